The Labute approximate surface area is 202 Å². The Morgan fingerprint density at radius 3 is 2.44 bits per heavy atom. The molecule has 0 aliphatic heterocycles. The fourth-order valence-corrected chi connectivity index (χ4v) is 3.58. The average Bonchev–Trinajstić information content (AvgIpc) is 2.59. The SMILES string of the molecule is CCc1c(Cl)cc(S(=O)(=O)O)cc1N=Nc1c(O)ccc2ccccc12.[Ba]. The minimum atomic E-state index is -4.43. The fourth-order valence-electron chi connectivity index (χ4n) is 2.64. The zero-order chi connectivity index (χ0) is 18.9. The number of aromatic hydroxyl groups is 1. The van der Waals surface area contributed by atoms with Crippen LogP contribution >= 0.6 is 11.6 Å². The van der Waals surface area contributed by atoms with Crippen molar-refractivity contribution in [3.63, 3.8) is 0 Å². The van der Waals surface area contributed by atoms with Crippen molar-refractivity contribution in [3.05, 3.63) is 59.1 Å². The number of hydrogen-bond donors (Lipinski definition) is 2. The molecule has 27 heavy (non-hydrogen) atoms. The van der Waals surface area contributed by atoms with E-state index >= 15 is 0 Å². The molecule has 0 aliphatic rings. The summed E-state index contributed by atoms with van der Waals surface area (Å²) < 4.78 is 32.1. The zero-order valence-corrected chi connectivity index (χ0v) is 20.4. The van der Waals surface area contributed by atoms with Crippen LogP contribution in [0.2, 0.25) is 5.02 Å². The minimum absolute atomic E-state index is 0. The molecule has 9 heteroatoms. The van der Waals surface area contributed by atoms with Gasteiger partial charge in [-0.25, -0.2) is 0 Å². The molecule has 0 aromatic heterocycles. The molecule has 0 bridgehead atoms. The van der Waals surface area contributed by atoms with Crippen LogP contribution in [0.1, 0.15) is 12.5 Å². The number of nitrogens with zero attached hydrogens (tertiary/aromatic N) is 2. The first-order chi connectivity index (χ1) is 12.3. The third kappa shape index (κ3) is 4.93. The minimum Gasteiger partial charge on any atom is -0.506 e. The van der Waals surface area contributed by atoms with Crippen molar-refractivity contribution in [1.29, 1.82) is 0 Å². The summed E-state index contributed by atoms with van der Waals surface area (Å²) in [6, 6.07) is 13.0. The van der Waals surface area contributed by atoms with E-state index in [2.05, 4.69) is 10.2 Å². The molecule has 0 aliphatic carbocycles. The van der Waals surface area contributed by atoms with Gasteiger partial charge in [0.1, 0.15) is 11.4 Å². The van der Waals surface area contributed by atoms with Gasteiger partial charge in [0.2, 0.25) is 0 Å². The van der Waals surface area contributed by atoms with Crippen LogP contribution in [0.5, 0.6) is 5.75 Å². The van der Waals surface area contributed by atoms with Gasteiger partial charge in [-0.3, -0.25) is 4.55 Å². The Morgan fingerprint density at radius 1 is 1.07 bits per heavy atom. The van der Waals surface area contributed by atoms with E-state index in [0.29, 0.717) is 17.4 Å². The molecule has 0 saturated heterocycles. The van der Waals surface area contributed by atoms with Crippen molar-refractivity contribution < 1.29 is 18.1 Å². The van der Waals surface area contributed by atoms with Gasteiger partial charge in [-0.15, -0.1) is 5.11 Å². The average molecular weight is 528 g/mol. The summed E-state index contributed by atoms with van der Waals surface area (Å²) in [5.41, 5.74) is 1.06. The monoisotopic (exact) mass is 528 g/mol. The third-order valence-corrected chi connectivity index (χ3v) is 5.10. The second-order valence-electron chi connectivity index (χ2n) is 5.59. The maximum absolute atomic E-state index is 11.4. The van der Waals surface area contributed by atoms with Crippen molar-refractivity contribution in [2.24, 2.45) is 10.2 Å². The van der Waals surface area contributed by atoms with E-state index in [-0.39, 0.29) is 75.9 Å². The number of rotatable bonds is 4. The summed E-state index contributed by atoms with van der Waals surface area (Å²) in [6.45, 7) is 1.84. The molecule has 0 amide bonds. The van der Waals surface area contributed by atoms with Crippen LogP contribution in [-0.2, 0) is 16.5 Å². The largest absolute Gasteiger partial charge is 0.506 e. The molecule has 2 radical (unpaired) electrons. The van der Waals surface area contributed by atoms with E-state index < -0.39 is 10.1 Å². The molecule has 6 nitrogen and oxygen atoms in total. The second-order valence-corrected chi connectivity index (χ2v) is 7.41. The molecule has 2 N–H and O–H groups in total. The van der Waals surface area contributed by atoms with Crippen LogP contribution in [0.3, 0.4) is 0 Å². The van der Waals surface area contributed by atoms with Crippen LogP contribution < -0.4 is 0 Å². The first-order valence-electron chi connectivity index (χ1n) is 7.73. The summed E-state index contributed by atoms with van der Waals surface area (Å²) in [5.74, 6) is -0.0532. The van der Waals surface area contributed by atoms with E-state index in [4.69, 9.17) is 11.6 Å². The Kier molecular flexibility index (Phi) is 7.51. The van der Waals surface area contributed by atoms with Crippen LogP contribution in [0.15, 0.2) is 63.7 Å². The molecular formula is C18H15BaClN2O4S. The summed E-state index contributed by atoms with van der Waals surface area (Å²) >= 11 is 6.12. The van der Waals surface area contributed by atoms with Gasteiger partial charge in [-0.05, 0) is 35.6 Å². The molecule has 0 fully saturated rings. The number of halogens is 1. The van der Waals surface area contributed by atoms with Gasteiger partial charge < -0.3 is 5.11 Å². The Bertz CT molecular complexity index is 1130. The van der Waals surface area contributed by atoms with Gasteiger partial charge >= 0.3 is 0 Å². The Balaban J connectivity index is 0.00000261. The number of azo groups is 1. The first-order valence-corrected chi connectivity index (χ1v) is 9.55. The predicted octanol–water partition coefficient (Wildman–Crippen LogP) is 5.04. The van der Waals surface area contributed by atoms with Gasteiger partial charge in [0.05, 0.1) is 10.6 Å². The molecule has 0 saturated carbocycles. The van der Waals surface area contributed by atoms with Crippen LogP contribution in [0.25, 0.3) is 10.8 Å². The van der Waals surface area contributed by atoms with Crippen molar-refractivity contribution in [2.75, 3.05) is 0 Å². The van der Waals surface area contributed by atoms with Gasteiger partial charge in [0.15, 0.2) is 0 Å². The quantitative estimate of drug-likeness (QED) is 0.282. The van der Waals surface area contributed by atoms with Crippen molar-refractivity contribution in [2.45, 2.75) is 18.2 Å². The molecule has 0 atom stereocenters. The van der Waals surface area contributed by atoms with E-state index in [1.54, 1.807) is 12.1 Å². The third-order valence-electron chi connectivity index (χ3n) is 3.93. The van der Waals surface area contributed by atoms with Crippen molar-refractivity contribution >= 4 is 92.7 Å². The molecule has 3 aromatic rings. The molecule has 3 rings (SSSR count). The Hall–Kier alpha value is -0.909. The van der Waals surface area contributed by atoms with Crippen LogP contribution in [0.4, 0.5) is 11.4 Å². The topological polar surface area (TPSA) is 99.3 Å². The summed E-state index contributed by atoms with van der Waals surface area (Å²) in [4.78, 5) is -0.365. The van der Waals surface area contributed by atoms with Gasteiger partial charge in [-0.1, -0.05) is 48.9 Å². The molecule has 0 unspecified atom stereocenters. The number of benzene rings is 3. The van der Waals surface area contributed by atoms with Gasteiger partial charge in [0, 0.05) is 59.3 Å². The molecule has 3 aromatic carbocycles. The van der Waals surface area contributed by atoms with Crippen molar-refractivity contribution in [3.8, 4) is 5.75 Å². The molecule has 136 valence electrons. The summed E-state index contributed by atoms with van der Waals surface area (Å²) in [7, 11) is -4.43. The van der Waals surface area contributed by atoms with E-state index in [9.17, 15) is 18.1 Å². The molecule has 0 heterocycles. The number of hydrogen-bond acceptors (Lipinski definition) is 5. The predicted molar refractivity (Wildman–Crippen MR) is 106 cm³/mol. The maximum atomic E-state index is 11.4. The smallest absolute Gasteiger partial charge is 0.294 e. The standard InChI is InChI=1S/C18H15ClN2O4S.Ba/c1-2-13-15(19)9-12(26(23,24)25)10-16(13)20-21-18-14-6-4-3-5-11(14)7-8-17(18)22;/h3-10,22H,2H2,1H3,(H,23,24,25);. The zero-order valence-electron chi connectivity index (χ0n) is 14.4. The second kappa shape index (κ2) is 9.06. The van der Waals surface area contributed by atoms with E-state index in [1.165, 1.54) is 18.2 Å². The Morgan fingerprint density at radius 2 is 1.78 bits per heavy atom. The summed E-state index contributed by atoms with van der Waals surface area (Å²) in [6.07, 6.45) is 0.487. The summed E-state index contributed by atoms with van der Waals surface area (Å²) in [5, 5.41) is 20.1. The number of fused-ring (bicyclic) bond motifs is 1. The van der Waals surface area contributed by atoms with Crippen LogP contribution in [-0.4, -0.2) is 67.0 Å². The fraction of sp³-hybridized carbons (Fsp3) is 0.111. The molecule has 0 spiro atoms. The first kappa shape index (κ1) is 22.4. The normalized spacial score (nSPS) is 11.7. The van der Waals surface area contributed by atoms with E-state index in [1.807, 2.05) is 25.1 Å². The van der Waals surface area contributed by atoms with Crippen molar-refractivity contribution in [1.82, 2.24) is 0 Å². The van der Waals surface area contributed by atoms with E-state index in [0.717, 1.165) is 5.39 Å². The maximum Gasteiger partial charge on any atom is 0.294 e. The van der Waals surface area contributed by atoms with Crippen LogP contribution in [0, 0.1) is 0 Å². The van der Waals surface area contributed by atoms with Gasteiger partial charge in [0.25, 0.3) is 10.1 Å². The number of phenolic OH excluding ortho intramolecular Hbond substituents is 1. The van der Waals surface area contributed by atoms with Gasteiger partial charge in [-0.2, -0.15) is 13.5 Å². The number of phenols is 1. The molecular weight excluding hydrogens is 513 g/mol.